The van der Waals surface area contributed by atoms with Crippen LogP contribution in [0.3, 0.4) is 0 Å². The van der Waals surface area contributed by atoms with Gasteiger partial charge in [0.1, 0.15) is 5.15 Å². The third-order valence-electron chi connectivity index (χ3n) is 2.94. The quantitative estimate of drug-likeness (QED) is 0.776. The average molecular weight is 309 g/mol. The zero-order chi connectivity index (χ0) is 14.9. The van der Waals surface area contributed by atoms with Crippen LogP contribution in [0, 0.1) is 13.8 Å². The highest BCUT2D eigenvalue weighted by atomic mass is 35.5. The molecule has 1 aromatic heterocycles. The van der Waals surface area contributed by atoms with Crippen LogP contribution < -0.4 is 4.90 Å². The maximum absolute atomic E-state index is 12.4. The summed E-state index contributed by atoms with van der Waals surface area (Å²) in [6.07, 6.45) is 1.43. The third-order valence-corrected chi connectivity index (χ3v) is 3.63. The Morgan fingerprint density at radius 2 is 1.70 bits per heavy atom. The fourth-order valence-corrected chi connectivity index (χ4v) is 2.26. The van der Waals surface area contributed by atoms with Crippen molar-refractivity contribution in [3.8, 4) is 0 Å². The van der Waals surface area contributed by atoms with Crippen molar-refractivity contribution < 1.29 is 4.79 Å². The van der Waals surface area contributed by atoms with Crippen LogP contribution >= 0.6 is 23.2 Å². The SMILES string of the molecule is Cc1cc(C)cc(N(C)C(=O)c2cnc(Cl)c(Cl)c2)c1. The van der Waals surface area contributed by atoms with Gasteiger partial charge >= 0.3 is 0 Å². The van der Waals surface area contributed by atoms with Gasteiger partial charge in [-0.25, -0.2) is 4.98 Å². The Kier molecular flexibility index (Phi) is 4.31. The lowest BCUT2D eigenvalue weighted by atomic mass is 10.1. The predicted octanol–water partition coefficient (Wildman–Crippen LogP) is 4.28. The van der Waals surface area contributed by atoms with E-state index in [2.05, 4.69) is 11.1 Å². The summed E-state index contributed by atoms with van der Waals surface area (Å²) in [5.41, 5.74) is 3.44. The zero-order valence-corrected chi connectivity index (χ0v) is 13.0. The first-order valence-corrected chi connectivity index (χ1v) is 6.81. The van der Waals surface area contributed by atoms with E-state index in [-0.39, 0.29) is 16.1 Å². The van der Waals surface area contributed by atoms with Crippen LogP contribution in [-0.2, 0) is 0 Å². The second kappa shape index (κ2) is 5.81. The van der Waals surface area contributed by atoms with Gasteiger partial charge in [0.25, 0.3) is 5.91 Å². The molecule has 1 heterocycles. The Morgan fingerprint density at radius 1 is 1.10 bits per heavy atom. The molecule has 1 aromatic carbocycles. The van der Waals surface area contributed by atoms with E-state index >= 15 is 0 Å². The first kappa shape index (κ1) is 14.8. The third kappa shape index (κ3) is 3.11. The topological polar surface area (TPSA) is 33.2 Å². The molecule has 104 valence electrons. The van der Waals surface area contributed by atoms with Gasteiger partial charge in [0.15, 0.2) is 0 Å². The average Bonchev–Trinajstić information content (AvgIpc) is 2.39. The molecule has 0 aliphatic heterocycles. The van der Waals surface area contributed by atoms with Gasteiger partial charge in [0, 0.05) is 18.9 Å². The van der Waals surface area contributed by atoms with Gasteiger partial charge in [-0.15, -0.1) is 0 Å². The van der Waals surface area contributed by atoms with Gasteiger partial charge in [-0.3, -0.25) is 4.79 Å². The summed E-state index contributed by atoms with van der Waals surface area (Å²) < 4.78 is 0. The summed E-state index contributed by atoms with van der Waals surface area (Å²) in [6.45, 7) is 3.99. The van der Waals surface area contributed by atoms with Crippen molar-refractivity contribution in [3.05, 3.63) is 57.3 Å². The number of anilines is 1. The van der Waals surface area contributed by atoms with Crippen molar-refractivity contribution >= 4 is 34.8 Å². The predicted molar refractivity (Wildman–Crippen MR) is 82.9 cm³/mol. The number of aromatic nitrogens is 1. The largest absolute Gasteiger partial charge is 0.311 e. The van der Waals surface area contributed by atoms with Crippen LogP contribution in [-0.4, -0.2) is 17.9 Å². The Bertz CT molecular complexity index is 651. The number of pyridine rings is 1. The van der Waals surface area contributed by atoms with Crippen LogP contribution in [0.4, 0.5) is 5.69 Å². The molecule has 0 spiro atoms. The number of benzene rings is 1. The maximum Gasteiger partial charge on any atom is 0.259 e. The van der Waals surface area contributed by atoms with Gasteiger partial charge in [-0.05, 0) is 43.2 Å². The first-order valence-electron chi connectivity index (χ1n) is 6.06. The molecule has 5 heteroatoms. The highest BCUT2D eigenvalue weighted by molar-refractivity contribution is 6.41. The van der Waals surface area contributed by atoms with Gasteiger partial charge < -0.3 is 4.90 Å². The van der Waals surface area contributed by atoms with Gasteiger partial charge in [-0.1, -0.05) is 29.3 Å². The lowest BCUT2D eigenvalue weighted by Crippen LogP contribution is -2.26. The molecule has 0 aliphatic rings. The van der Waals surface area contributed by atoms with Crippen LogP contribution in [0.1, 0.15) is 21.5 Å². The number of carbonyl (C=O) groups is 1. The van der Waals surface area contributed by atoms with Crippen molar-refractivity contribution in [2.24, 2.45) is 0 Å². The molecule has 2 aromatic rings. The van der Waals surface area contributed by atoms with E-state index in [0.29, 0.717) is 5.56 Å². The summed E-state index contributed by atoms with van der Waals surface area (Å²) in [6, 6.07) is 7.49. The van der Waals surface area contributed by atoms with E-state index in [1.807, 2.05) is 26.0 Å². The molecule has 0 N–H and O–H groups in total. The molecule has 2 rings (SSSR count). The summed E-state index contributed by atoms with van der Waals surface area (Å²) in [4.78, 5) is 17.9. The number of halogens is 2. The summed E-state index contributed by atoms with van der Waals surface area (Å²) in [5, 5.41) is 0.462. The van der Waals surface area contributed by atoms with Gasteiger partial charge in [-0.2, -0.15) is 0 Å². The van der Waals surface area contributed by atoms with E-state index in [1.165, 1.54) is 12.3 Å². The molecular formula is C15H14Cl2N2O. The normalized spacial score (nSPS) is 10.4. The minimum Gasteiger partial charge on any atom is -0.311 e. The molecule has 0 atom stereocenters. The van der Waals surface area contributed by atoms with Crippen molar-refractivity contribution in [1.82, 2.24) is 4.98 Å². The van der Waals surface area contributed by atoms with E-state index in [1.54, 1.807) is 11.9 Å². The van der Waals surface area contributed by atoms with Crippen molar-refractivity contribution in [1.29, 1.82) is 0 Å². The van der Waals surface area contributed by atoms with Crippen LogP contribution in [0.5, 0.6) is 0 Å². The molecular weight excluding hydrogens is 295 g/mol. The Labute approximate surface area is 128 Å². The lowest BCUT2D eigenvalue weighted by molar-refractivity contribution is 0.0992. The lowest BCUT2D eigenvalue weighted by Gasteiger charge is -2.18. The van der Waals surface area contributed by atoms with Crippen LogP contribution in [0.25, 0.3) is 0 Å². The van der Waals surface area contributed by atoms with E-state index in [4.69, 9.17) is 23.2 Å². The van der Waals surface area contributed by atoms with E-state index < -0.39 is 0 Å². The zero-order valence-electron chi connectivity index (χ0n) is 11.4. The standard InChI is InChI=1S/C15H14Cl2N2O/c1-9-4-10(2)6-12(5-9)19(3)15(20)11-7-13(16)14(17)18-8-11/h4-8H,1-3H3. The number of aryl methyl sites for hydroxylation is 2. The first-order chi connectivity index (χ1) is 9.38. The molecule has 0 unspecified atom stereocenters. The Balaban J connectivity index is 2.34. The summed E-state index contributed by atoms with van der Waals surface area (Å²) >= 11 is 11.6. The fraction of sp³-hybridized carbons (Fsp3) is 0.200. The highest BCUT2D eigenvalue weighted by Gasteiger charge is 2.15. The maximum atomic E-state index is 12.4. The number of rotatable bonds is 2. The summed E-state index contributed by atoms with van der Waals surface area (Å²) in [5.74, 6) is -0.180. The Hall–Kier alpha value is -1.58. The summed E-state index contributed by atoms with van der Waals surface area (Å²) in [7, 11) is 1.72. The van der Waals surface area contributed by atoms with Crippen molar-refractivity contribution in [2.75, 3.05) is 11.9 Å². The molecule has 3 nitrogen and oxygen atoms in total. The molecule has 0 fully saturated rings. The van der Waals surface area contributed by atoms with Gasteiger partial charge in [0.05, 0.1) is 10.6 Å². The second-order valence-electron chi connectivity index (χ2n) is 4.71. The molecule has 0 bridgehead atoms. The second-order valence-corrected chi connectivity index (χ2v) is 5.47. The van der Waals surface area contributed by atoms with E-state index in [0.717, 1.165) is 16.8 Å². The molecule has 20 heavy (non-hydrogen) atoms. The van der Waals surface area contributed by atoms with E-state index in [9.17, 15) is 4.79 Å². The number of nitrogens with zero attached hydrogens (tertiary/aromatic N) is 2. The van der Waals surface area contributed by atoms with Crippen molar-refractivity contribution in [3.63, 3.8) is 0 Å². The fourth-order valence-electron chi connectivity index (χ4n) is 1.99. The van der Waals surface area contributed by atoms with Crippen LogP contribution in [0.2, 0.25) is 10.2 Å². The molecule has 0 aliphatic carbocycles. The number of carbonyl (C=O) groups excluding carboxylic acids is 1. The number of hydrogen-bond acceptors (Lipinski definition) is 2. The monoisotopic (exact) mass is 308 g/mol. The minimum absolute atomic E-state index is 0.180. The number of hydrogen-bond donors (Lipinski definition) is 0. The van der Waals surface area contributed by atoms with Crippen molar-refractivity contribution in [2.45, 2.75) is 13.8 Å². The molecule has 1 amide bonds. The van der Waals surface area contributed by atoms with Gasteiger partial charge in [0.2, 0.25) is 0 Å². The highest BCUT2D eigenvalue weighted by Crippen LogP contribution is 2.23. The number of amides is 1. The smallest absolute Gasteiger partial charge is 0.259 e. The Morgan fingerprint density at radius 3 is 2.25 bits per heavy atom. The molecule has 0 saturated heterocycles. The minimum atomic E-state index is -0.180. The molecule has 0 saturated carbocycles. The molecule has 0 radical (unpaired) electrons. The van der Waals surface area contributed by atoms with Crippen LogP contribution in [0.15, 0.2) is 30.5 Å².